The van der Waals surface area contributed by atoms with E-state index in [4.69, 9.17) is 4.74 Å². The lowest BCUT2D eigenvalue weighted by Gasteiger charge is -2.26. The molecule has 0 aliphatic carbocycles. The highest BCUT2D eigenvalue weighted by atomic mass is 16.5. The SMILES string of the molecule is COc1ccc(-n2c(C)cc(C=C3C(=O)NC(=O)N(Cc4ccccc4)C3=O)c2C)cc1. The van der Waals surface area contributed by atoms with Crippen LogP contribution in [-0.4, -0.2) is 34.4 Å². The second kappa shape index (κ2) is 8.55. The predicted octanol–water partition coefficient (Wildman–Crippen LogP) is 3.76. The summed E-state index contributed by atoms with van der Waals surface area (Å²) in [5.41, 5.74) is 4.20. The molecule has 2 aromatic carbocycles. The Labute approximate surface area is 185 Å². The minimum Gasteiger partial charge on any atom is -0.497 e. The fraction of sp³-hybridized carbons (Fsp3) is 0.160. The van der Waals surface area contributed by atoms with Gasteiger partial charge in [-0.25, -0.2) is 4.79 Å². The van der Waals surface area contributed by atoms with Gasteiger partial charge in [-0.3, -0.25) is 19.8 Å². The molecule has 1 aliphatic heterocycles. The summed E-state index contributed by atoms with van der Waals surface area (Å²) in [5, 5.41) is 2.27. The largest absolute Gasteiger partial charge is 0.497 e. The number of carbonyl (C=O) groups excluding carboxylic acids is 3. The first-order chi connectivity index (χ1) is 15.4. The molecule has 0 saturated carbocycles. The van der Waals surface area contributed by atoms with Crippen molar-refractivity contribution >= 4 is 23.9 Å². The van der Waals surface area contributed by atoms with Gasteiger partial charge in [-0.2, -0.15) is 0 Å². The van der Waals surface area contributed by atoms with E-state index >= 15 is 0 Å². The van der Waals surface area contributed by atoms with E-state index in [9.17, 15) is 14.4 Å². The van der Waals surface area contributed by atoms with Gasteiger partial charge < -0.3 is 9.30 Å². The average molecular weight is 429 g/mol. The Balaban J connectivity index is 1.68. The number of benzene rings is 2. The molecule has 0 unspecified atom stereocenters. The third-order valence-electron chi connectivity index (χ3n) is 5.47. The van der Waals surface area contributed by atoms with Crippen molar-refractivity contribution in [3.63, 3.8) is 0 Å². The molecule has 0 radical (unpaired) electrons. The standard InChI is InChI=1S/C25H23N3O4/c1-16-13-19(17(2)28(16)20-9-11-21(32-3)12-10-20)14-22-23(29)26-25(31)27(24(22)30)15-18-7-5-4-6-8-18/h4-14H,15H2,1-3H3,(H,26,29,31). The molecule has 1 aliphatic rings. The van der Waals surface area contributed by atoms with E-state index in [1.165, 1.54) is 0 Å². The molecule has 1 fully saturated rings. The minimum atomic E-state index is -0.718. The van der Waals surface area contributed by atoms with E-state index in [2.05, 4.69) is 5.32 Å². The molecule has 1 saturated heterocycles. The molecule has 1 N–H and O–H groups in total. The molecule has 3 aromatic rings. The Morgan fingerprint density at radius 1 is 0.969 bits per heavy atom. The Hall–Kier alpha value is -4.13. The fourth-order valence-electron chi connectivity index (χ4n) is 3.82. The first kappa shape index (κ1) is 21.1. The van der Waals surface area contributed by atoms with Gasteiger partial charge in [0.2, 0.25) is 0 Å². The summed E-state index contributed by atoms with van der Waals surface area (Å²) >= 11 is 0. The number of hydrogen-bond acceptors (Lipinski definition) is 4. The third kappa shape index (κ3) is 3.92. The minimum absolute atomic E-state index is 0.0736. The Morgan fingerprint density at radius 3 is 2.31 bits per heavy atom. The van der Waals surface area contributed by atoms with Crippen LogP contribution in [0.5, 0.6) is 5.75 Å². The van der Waals surface area contributed by atoms with Crippen molar-refractivity contribution in [2.45, 2.75) is 20.4 Å². The molecule has 0 spiro atoms. The number of nitrogens with zero attached hydrogens (tertiary/aromatic N) is 2. The Morgan fingerprint density at radius 2 is 1.66 bits per heavy atom. The summed E-state index contributed by atoms with van der Waals surface area (Å²) in [4.78, 5) is 38.9. The molecule has 7 nitrogen and oxygen atoms in total. The summed E-state index contributed by atoms with van der Waals surface area (Å²) in [6.45, 7) is 3.95. The van der Waals surface area contributed by atoms with E-state index in [-0.39, 0.29) is 12.1 Å². The zero-order chi connectivity index (χ0) is 22.8. The van der Waals surface area contributed by atoms with Crippen LogP contribution >= 0.6 is 0 Å². The lowest BCUT2D eigenvalue weighted by atomic mass is 10.1. The number of ether oxygens (including phenoxy) is 1. The highest BCUT2D eigenvalue weighted by Gasteiger charge is 2.35. The number of aromatic nitrogens is 1. The normalized spacial score (nSPS) is 15.3. The molecule has 162 valence electrons. The van der Waals surface area contributed by atoms with Gasteiger partial charge in [0.25, 0.3) is 11.8 Å². The van der Waals surface area contributed by atoms with Crippen molar-refractivity contribution in [2.75, 3.05) is 7.11 Å². The maximum Gasteiger partial charge on any atom is 0.331 e. The quantitative estimate of drug-likeness (QED) is 0.495. The molecule has 4 amide bonds. The molecule has 4 rings (SSSR count). The van der Waals surface area contributed by atoms with E-state index in [1.807, 2.05) is 79.1 Å². The molecule has 1 aromatic heterocycles. The zero-order valence-corrected chi connectivity index (χ0v) is 18.1. The van der Waals surface area contributed by atoms with Crippen LogP contribution in [0.3, 0.4) is 0 Å². The van der Waals surface area contributed by atoms with Crippen LogP contribution in [0.2, 0.25) is 0 Å². The van der Waals surface area contributed by atoms with Crippen LogP contribution in [0.15, 0.2) is 66.2 Å². The number of methoxy groups -OCH3 is 1. The van der Waals surface area contributed by atoms with Crippen LogP contribution in [0.4, 0.5) is 4.79 Å². The first-order valence-corrected chi connectivity index (χ1v) is 10.1. The van der Waals surface area contributed by atoms with Gasteiger partial charge in [0.05, 0.1) is 13.7 Å². The monoisotopic (exact) mass is 429 g/mol. The Kier molecular flexibility index (Phi) is 5.64. The maximum absolute atomic E-state index is 13.1. The molecule has 0 atom stereocenters. The molecule has 32 heavy (non-hydrogen) atoms. The van der Waals surface area contributed by atoms with Crippen molar-refractivity contribution in [2.24, 2.45) is 0 Å². The molecule has 7 heteroatoms. The molecule has 0 bridgehead atoms. The van der Waals surface area contributed by atoms with Gasteiger partial charge in [0.1, 0.15) is 11.3 Å². The smallest absolute Gasteiger partial charge is 0.331 e. The number of imide groups is 2. The number of urea groups is 1. The van der Waals surface area contributed by atoms with E-state index in [1.54, 1.807) is 13.2 Å². The summed E-state index contributed by atoms with van der Waals surface area (Å²) in [5.74, 6) is -0.554. The fourth-order valence-corrected chi connectivity index (χ4v) is 3.82. The molecule has 2 heterocycles. The zero-order valence-electron chi connectivity index (χ0n) is 18.1. The molecular weight excluding hydrogens is 406 g/mol. The van der Waals surface area contributed by atoms with Crippen molar-refractivity contribution in [3.05, 3.63) is 88.8 Å². The third-order valence-corrected chi connectivity index (χ3v) is 5.47. The van der Waals surface area contributed by atoms with Gasteiger partial charge in [-0.05, 0) is 61.4 Å². The van der Waals surface area contributed by atoms with Crippen molar-refractivity contribution in [1.29, 1.82) is 0 Å². The van der Waals surface area contributed by atoms with Gasteiger partial charge in [0, 0.05) is 17.1 Å². The van der Waals surface area contributed by atoms with Gasteiger partial charge in [-0.15, -0.1) is 0 Å². The number of rotatable bonds is 5. The van der Waals surface area contributed by atoms with Crippen LogP contribution in [-0.2, 0) is 16.1 Å². The highest BCUT2D eigenvalue weighted by Crippen LogP contribution is 2.25. The summed E-state index contributed by atoms with van der Waals surface area (Å²) in [7, 11) is 1.61. The lowest BCUT2D eigenvalue weighted by Crippen LogP contribution is -2.53. The Bertz CT molecular complexity index is 1220. The highest BCUT2D eigenvalue weighted by molar-refractivity contribution is 6.31. The maximum atomic E-state index is 13.1. The summed E-state index contributed by atoms with van der Waals surface area (Å²) in [6, 6.07) is 18.0. The van der Waals surface area contributed by atoms with Crippen LogP contribution in [0.1, 0.15) is 22.5 Å². The van der Waals surface area contributed by atoms with E-state index in [0.717, 1.165) is 38.9 Å². The van der Waals surface area contributed by atoms with Crippen LogP contribution in [0, 0.1) is 13.8 Å². The average Bonchev–Trinajstić information content (AvgIpc) is 3.07. The number of barbiturate groups is 1. The van der Waals surface area contributed by atoms with Crippen LogP contribution in [0.25, 0.3) is 11.8 Å². The van der Waals surface area contributed by atoms with Crippen molar-refractivity contribution < 1.29 is 19.1 Å². The lowest BCUT2D eigenvalue weighted by molar-refractivity contribution is -0.130. The predicted molar refractivity (Wildman–Crippen MR) is 120 cm³/mol. The number of hydrogen-bond donors (Lipinski definition) is 1. The number of carbonyl (C=O) groups is 3. The van der Waals surface area contributed by atoms with Gasteiger partial charge >= 0.3 is 6.03 Å². The van der Waals surface area contributed by atoms with E-state index < -0.39 is 17.8 Å². The van der Waals surface area contributed by atoms with Crippen molar-refractivity contribution in [1.82, 2.24) is 14.8 Å². The summed E-state index contributed by atoms with van der Waals surface area (Å²) < 4.78 is 7.25. The van der Waals surface area contributed by atoms with Crippen LogP contribution < -0.4 is 10.1 Å². The van der Waals surface area contributed by atoms with E-state index in [0.29, 0.717) is 0 Å². The second-order valence-electron chi connectivity index (χ2n) is 7.55. The van der Waals surface area contributed by atoms with Gasteiger partial charge in [-0.1, -0.05) is 30.3 Å². The molecular formula is C25H23N3O4. The van der Waals surface area contributed by atoms with Gasteiger partial charge in [0.15, 0.2) is 0 Å². The topological polar surface area (TPSA) is 80.6 Å². The number of aryl methyl sites for hydroxylation is 1. The summed E-state index contributed by atoms with van der Waals surface area (Å²) in [6.07, 6.45) is 1.55. The van der Waals surface area contributed by atoms with Crippen molar-refractivity contribution in [3.8, 4) is 11.4 Å². The second-order valence-corrected chi connectivity index (χ2v) is 7.55. The number of amides is 4. The number of nitrogens with one attached hydrogen (secondary N) is 1. The first-order valence-electron chi connectivity index (χ1n) is 10.1.